The minimum absolute atomic E-state index is 0.0207. The molecule has 0 saturated carbocycles. The van der Waals surface area contributed by atoms with Gasteiger partial charge in [0, 0.05) is 10.8 Å². The maximum Gasteiger partial charge on any atom is 0.296 e. The number of nitrogens with zero attached hydrogens (tertiary/aromatic N) is 3. The smallest absolute Gasteiger partial charge is 0.296 e. The van der Waals surface area contributed by atoms with Crippen LogP contribution in [0.1, 0.15) is 33.5 Å². The number of ketones is 1. The summed E-state index contributed by atoms with van der Waals surface area (Å²) >= 11 is 8.57. The highest BCUT2D eigenvalue weighted by atomic mass is 35.5. The second-order valence-electron chi connectivity index (χ2n) is 8.80. The lowest BCUT2D eigenvalue weighted by molar-refractivity contribution is -0.117. The molecule has 4 aromatic rings. The van der Waals surface area contributed by atoms with Crippen LogP contribution in [-0.4, -0.2) is 48.3 Å². The first-order valence-corrected chi connectivity index (χ1v) is 14.3. The molecule has 0 bridgehead atoms. The average Bonchev–Trinajstić information content (AvgIpc) is 3.69. The van der Waals surface area contributed by atoms with Crippen molar-refractivity contribution in [2.45, 2.75) is 23.1 Å². The standard InChI is InChI=1S/C28H24ClN3O7S2/c1-14-5-10-18(39-14)23(33)21-22(16-11-19(36-2)25(38-4)20(12-16)37-3)32(26(35)24(21)34)27-30-31-28(41-27)40-13-15-6-8-17(29)9-7-15/h5-12,22,34H,13H2,1-4H3. The highest BCUT2D eigenvalue weighted by molar-refractivity contribution is 8.00. The summed E-state index contributed by atoms with van der Waals surface area (Å²) in [5.41, 5.74) is 1.27. The summed E-state index contributed by atoms with van der Waals surface area (Å²) in [5, 5.41) is 20.4. The van der Waals surface area contributed by atoms with Crippen molar-refractivity contribution in [3.8, 4) is 17.2 Å². The van der Waals surface area contributed by atoms with E-state index in [2.05, 4.69) is 10.2 Å². The summed E-state index contributed by atoms with van der Waals surface area (Å²) in [4.78, 5) is 28.5. The minimum Gasteiger partial charge on any atom is -0.503 e. The zero-order valence-electron chi connectivity index (χ0n) is 22.3. The van der Waals surface area contributed by atoms with Gasteiger partial charge in [0.15, 0.2) is 27.4 Å². The molecule has 0 radical (unpaired) electrons. The number of methoxy groups -OCH3 is 3. The van der Waals surface area contributed by atoms with Gasteiger partial charge < -0.3 is 23.7 Å². The summed E-state index contributed by atoms with van der Waals surface area (Å²) in [6.45, 7) is 1.69. The third-order valence-corrected chi connectivity index (χ3v) is 8.68. The number of aromatic nitrogens is 2. The summed E-state index contributed by atoms with van der Waals surface area (Å²) in [7, 11) is 4.38. The Balaban J connectivity index is 1.57. The molecule has 0 spiro atoms. The van der Waals surface area contributed by atoms with E-state index in [9.17, 15) is 14.7 Å². The van der Waals surface area contributed by atoms with Crippen molar-refractivity contribution in [2.75, 3.05) is 26.2 Å². The maximum absolute atomic E-state index is 13.7. The number of aryl methyl sites for hydroxylation is 1. The number of thioether (sulfide) groups is 1. The van der Waals surface area contributed by atoms with Gasteiger partial charge in [-0.2, -0.15) is 0 Å². The zero-order chi connectivity index (χ0) is 29.3. The molecule has 1 amide bonds. The Bertz CT molecular complexity index is 1620. The molecule has 5 rings (SSSR count). The quantitative estimate of drug-likeness (QED) is 0.126. The van der Waals surface area contributed by atoms with Gasteiger partial charge in [-0.3, -0.25) is 14.5 Å². The number of furan rings is 1. The second kappa shape index (κ2) is 11.9. The predicted octanol–water partition coefficient (Wildman–Crippen LogP) is 6.19. The molecule has 2 aromatic heterocycles. The first-order valence-electron chi connectivity index (χ1n) is 12.1. The molecule has 13 heteroatoms. The van der Waals surface area contributed by atoms with Gasteiger partial charge in [0.1, 0.15) is 5.76 Å². The Morgan fingerprint density at radius 1 is 1.07 bits per heavy atom. The summed E-state index contributed by atoms with van der Waals surface area (Å²) in [6, 6.07) is 12.7. The monoisotopic (exact) mass is 613 g/mol. The van der Waals surface area contributed by atoms with Crippen LogP contribution in [0.2, 0.25) is 5.02 Å². The molecule has 1 atom stereocenters. The van der Waals surface area contributed by atoms with Gasteiger partial charge in [-0.05, 0) is 54.4 Å². The van der Waals surface area contributed by atoms with Gasteiger partial charge in [-0.1, -0.05) is 46.8 Å². The van der Waals surface area contributed by atoms with Crippen LogP contribution in [0.25, 0.3) is 0 Å². The third kappa shape index (κ3) is 5.50. The van der Waals surface area contributed by atoms with Gasteiger partial charge in [-0.25, -0.2) is 0 Å². The SMILES string of the molecule is COc1cc(C2C(C(=O)c3ccc(C)o3)=C(O)C(=O)N2c2nnc(SCc3ccc(Cl)cc3)s2)cc(OC)c1OC. The van der Waals surface area contributed by atoms with Crippen LogP contribution in [0.3, 0.4) is 0 Å². The Hall–Kier alpha value is -4.00. The number of carbonyl (C=O) groups is 2. The predicted molar refractivity (Wildman–Crippen MR) is 155 cm³/mol. The Labute approximate surface area is 248 Å². The fourth-order valence-corrected chi connectivity index (χ4v) is 6.33. The fourth-order valence-electron chi connectivity index (χ4n) is 4.38. The van der Waals surface area contributed by atoms with E-state index in [0.29, 0.717) is 43.7 Å². The van der Waals surface area contributed by atoms with Gasteiger partial charge in [0.2, 0.25) is 16.7 Å². The van der Waals surface area contributed by atoms with Crippen LogP contribution in [0.15, 0.2) is 68.6 Å². The Morgan fingerprint density at radius 2 is 1.76 bits per heavy atom. The molecule has 1 N–H and O–H groups in total. The van der Waals surface area contributed by atoms with Crippen molar-refractivity contribution in [1.29, 1.82) is 0 Å². The topological polar surface area (TPSA) is 124 Å². The molecule has 10 nitrogen and oxygen atoms in total. The van der Waals surface area contributed by atoms with Crippen molar-refractivity contribution in [3.63, 3.8) is 0 Å². The van der Waals surface area contributed by atoms with Crippen LogP contribution >= 0.6 is 34.7 Å². The van der Waals surface area contributed by atoms with Gasteiger partial charge in [0.05, 0.1) is 32.9 Å². The summed E-state index contributed by atoms with van der Waals surface area (Å²) in [6.07, 6.45) is 0. The summed E-state index contributed by atoms with van der Waals surface area (Å²) in [5.74, 6) is -0.148. The van der Waals surface area contributed by atoms with Crippen molar-refractivity contribution in [3.05, 3.63) is 87.5 Å². The number of halogens is 1. The normalized spacial score (nSPS) is 15.0. The highest BCUT2D eigenvalue weighted by Crippen LogP contribution is 2.48. The molecule has 0 fully saturated rings. The van der Waals surface area contributed by atoms with E-state index in [1.165, 1.54) is 44.1 Å². The molecular formula is C28H24ClN3O7S2. The molecule has 1 aliphatic heterocycles. The first-order chi connectivity index (χ1) is 19.7. The van der Waals surface area contributed by atoms with Gasteiger partial charge in [-0.15, -0.1) is 10.2 Å². The van der Waals surface area contributed by atoms with E-state index in [1.54, 1.807) is 37.3 Å². The van der Waals surface area contributed by atoms with E-state index >= 15 is 0 Å². The molecule has 1 aliphatic rings. The van der Waals surface area contributed by atoms with E-state index < -0.39 is 23.5 Å². The third-order valence-electron chi connectivity index (χ3n) is 6.30. The van der Waals surface area contributed by atoms with Crippen LogP contribution in [0.4, 0.5) is 5.13 Å². The number of rotatable bonds is 10. The molecule has 3 heterocycles. The lowest BCUT2D eigenvalue weighted by Gasteiger charge is -2.25. The fraction of sp³-hybridized carbons (Fsp3) is 0.214. The zero-order valence-corrected chi connectivity index (χ0v) is 24.7. The van der Waals surface area contributed by atoms with Crippen molar-refractivity contribution < 1.29 is 33.3 Å². The lowest BCUT2D eigenvalue weighted by atomic mass is 9.94. The number of aliphatic hydroxyl groups is 1. The van der Waals surface area contributed by atoms with Crippen LogP contribution in [0.5, 0.6) is 17.2 Å². The van der Waals surface area contributed by atoms with Gasteiger partial charge in [0.25, 0.3) is 5.91 Å². The molecule has 1 unspecified atom stereocenters. The molecule has 0 saturated heterocycles. The Morgan fingerprint density at radius 3 is 2.34 bits per heavy atom. The van der Waals surface area contributed by atoms with Crippen molar-refractivity contribution in [1.82, 2.24) is 10.2 Å². The number of hydrogen-bond donors (Lipinski definition) is 1. The van der Waals surface area contributed by atoms with E-state index in [4.69, 9.17) is 30.2 Å². The average molecular weight is 614 g/mol. The van der Waals surface area contributed by atoms with E-state index in [0.717, 1.165) is 16.9 Å². The van der Waals surface area contributed by atoms with E-state index in [1.807, 2.05) is 12.1 Å². The van der Waals surface area contributed by atoms with Crippen LogP contribution < -0.4 is 19.1 Å². The molecule has 0 aliphatic carbocycles. The van der Waals surface area contributed by atoms with Crippen molar-refractivity contribution in [2.24, 2.45) is 0 Å². The number of benzene rings is 2. The molecule has 212 valence electrons. The Kier molecular flexibility index (Phi) is 8.25. The van der Waals surface area contributed by atoms with Crippen LogP contribution in [0, 0.1) is 6.92 Å². The molecule has 41 heavy (non-hydrogen) atoms. The number of anilines is 1. The number of Topliss-reactive ketones (excluding diaryl/α,β-unsaturated/α-hetero) is 1. The number of carbonyl (C=O) groups excluding carboxylic acids is 2. The molecule has 2 aromatic carbocycles. The van der Waals surface area contributed by atoms with Gasteiger partial charge >= 0.3 is 0 Å². The highest BCUT2D eigenvalue weighted by Gasteiger charge is 2.47. The van der Waals surface area contributed by atoms with Crippen LogP contribution in [-0.2, 0) is 10.5 Å². The maximum atomic E-state index is 13.7. The van der Waals surface area contributed by atoms with Crippen molar-refractivity contribution >= 4 is 51.5 Å². The largest absolute Gasteiger partial charge is 0.503 e. The first kappa shape index (κ1) is 28.5. The lowest BCUT2D eigenvalue weighted by Crippen LogP contribution is -2.31. The number of hydrogen-bond acceptors (Lipinski definition) is 11. The second-order valence-corrected chi connectivity index (χ2v) is 11.4. The number of aliphatic hydroxyl groups excluding tert-OH is 1. The molecular weight excluding hydrogens is 590 g/mol. The van der Waals surface area contributed by atoms with E-state index in [-0.39, 0.29) is 16.5 Å². The number of amides is 1. The summed E-state index contributed by atoms with van der Waals surface area (Å²) < 4.78 is 22.6. The minimum atomic E-state index is -1.10. The number of ether oxygens (including phenoxy) is 3.